The van der Waals surface area contributed by atoms with Crippen LogP contribution in [-0.4, -0.2) is 64.0 Å². The summed E-state index contributed by atoms with van der Waals surface area (Å²) in [5.74, 6) is 2.41. The lowest BCUT2D eigenvalue weighted by Crippen LogP contribution is -2.48. The molecule has 1 aromatic rings. The molecule has 2 atom stereocenters. The zero-order chi connectivity index (χ0) is 20.0. The highest BCUT2D eigenvalue weighted by Crippen LogP contribution is 2.34. The number of hydrogen-bond donors (Lipinski definition) is 1. The normalized spacial score (nSPS) is 20.4. The lowest BCUT2D eigenvalue weighted by molar-refractivity contribution is 0.0690. The topological polar surface area (TPSA) is 46.1 Å². The van der Waals surface area contributed by atoms with Crippen molar-refractivity contribution in [3.8, 4) is 0 Å². The third-order valence-corrected chi connectivity index (χ3v) is 5.51. The van der Waals surface area contributed by atoms with Crippen LogP contribution in [0.4, 0.5) is 0 Å². The molecular formula is C23H39N3O2. The van der Waals surface area contributed by atoms with Crippen LogP contribution < -0.4 is 5.32 Å². The van der Waals surface area contributed by atoms with E-state index < -0.39 is 0 Å². The monoisotopic (exact) mass is 389 g/mol. The second-order valence-electron chi connectivity index (χ2n) is 7.47. The second-order valence-corrected chi connectivity index (χ2v) is 7.47. The Bertz CT molecular complexity index is 550. The van der Waals surface area contributed by atoms with Crippen LogP contribution in [0.25, 0.3) is 0 Å². The molecule has 1 heterocycles. The first kappa shape index (κ1) is 22.7. The summed E-state index contributed by atoms with van der Waals surface area (Å²) < 4.78 is 10.5. The maximum Gasteiger partial charge on any atom is 0.193 e. The molecule has 1 N–H and O–H groups in total. The standard InChI is InChI=1S/C23H39N3O2/c1-4-20-19-26(15-13-22(20)21-11-7-6-8-12-21)23(24-5-2)25-14-9-10-16-28-18-17-27-3/h6-8,11-12,20,22H,4-5,9-10,13-19H2,1-3H3,(H,24,25). The van der Waals surface area contributed by atoms with E-state index in [0.717, 1.165) is 51.6 Å². The Hall–Kier alpha value is -1.59. The summed E-state index contributed by atoms with van der Waals surface area (Å²) in [6.07, 6.45) is 4.49. The average molecular weight is 390 g/mol. The van der Waals surface area contributed by atoms with Crippen LogP contribution in [0.15, 0.2) is 35.3 Å². The van der Waals surface area contributed by atoms with E-state index >= 15 is 0 Å². The summed E-state index contributed by atoms with van der Waals surface area (Å²) in [5.41, 5.74) is 1.49. The van der Waals surface area contributed by atoms with Crippen LogP contribution >= 0.6 is 0 Å². The SMILES string of the molecule is CCNC(=NCCCCOCCOC)N1CCC(c2ccccc2)C(CC)C1. The second kappa shape index (κ2) is 13.6. The molecule has 1 saturated heterocycles. The number of benzene rings is 1. The molecule has 0 spiro atoms. The number of nitrogens with one attached hydrogen (secondary N) is 1. The van der Waals surface area contributed by atoms with Crippen molar-refractivity contribution in [1.29, 1.82) is 0 Å². The molecule has 0 amide bonds. The van der Waals surface area contributed by atoms with Gasteiger partial charge >= 0.3 is 0 Å². The number of piperidine rings is 1. The van der Waals surface area contributed by atoms with Gasteiger partial charge in [-0.15, -0.1) is 0 Å². The van der Waals surface area contributed by atoms with E-state index in [0.29, 0.717) is 25.0 Å². The maximum atomic E-state index is 5.53. The Morgan fingerprint density at radius 2 is 1.96 bits per heavy atom. The molecular weight excluding hydrogens is 350 g/mol. The van der Waals surface area contributed by atoms with E-state index in [-0.39, 0.29) is 0 Å². The number of guanidine groups is 1. The van der Waals surface area contributed by atoms with E-state index in [9.17, 15) is 0 Å². The van der Waals surface area contributed by atoms with E-state index in [1.807, 2.05) is 0 Å². The Kier molecular flexibility index (Phi) is 11.0. The lowest BCUT2D eigenvalue weighted by Gasteiger charge is -2.40. The van der Waals surface area contributed by atoms with Gasteiger partial charge in [-0.25, -0.2) is 0 Å². The first-order valence-corrected chi connectivity index (χ1v) is 10.9. The van der Waals surface area contributed by atoms with Gasteiger partial charge in [-0.1, -0.05) is 43.7 Å². The summed E-state index contributed by atoms with van der Waals surface area (Å²) in [6, 6.07) is 11.0. The van der Waals surface area contributed by atoms with E-state index in [2.05, 4.69) is 54.4 Å². The fourth-order valence-corrected chi connectivity index (χ4v) is 3.95. The molecule has 1 fully saturated rings. The van der Waals surface area contributed by atoms with Gasteiger partial charge in [0.15, 0.2) is 5.96 Å². The molecule has 1 aliphatic heterocycles. The molecule has 5 nitrogen and oxygen atoms in total. The van der Waals surface area contributed by atoms with Crippen molar-refractivity contribution >= 4 is 5.96 Å². The average Bonchev–Trinajstić information content (AvgIpc) is 2.75. The fourth-order valence-electron chi connectivity index (χ4n) is 3.95. The Balaban J connectivity index is 1.84. The van der Waals surface area contributed by atoms with Gasteiger partial charge in [0.1, 0.15) is 0 Å². The molecule has 0 aliphatic carbocycles. The van der Waals surface area contributed by atoms with Gasteiger partial charge in [-0.05, 0) is 43.6 Å². The minimum Gasteiger partial charge on any atom is -0.382 e. The molecule has 28 heavy (non-hydrogen) atoms. The summed E-state index contributed by atoms with van der Waals surface area (Å²) in [5, 5.41) is 3.50. The predicted molar refractivity (Wildman–Crippen MR) is 117 cm³/mol. The summed E-state index contributed by atoms with van der Waals surface area (Å²) in [7, 11) is 1.70. The van der Waals surface area contributed by atoms with Crippen molar-refractivity contribution in [3.63, 3.8) is 0 Å². The molecule has 2 rings (SSSR count). The number of ether oxygens (including phenoxy) is 2. The van der Waals surface area contributed by atoms with Crippen molar-refractivity contribution in [2.24, 2.45) is 10.9 Å². The number of rotatable bonds is 11. The number of unbranched alkanes of at least 4 members (excludes halogenated alkanes) is 1. The fraction of sp³-hybridized carbons (Fsp3) is 0.696. The highest BCUT2D eigenvalue weighted by Gasteiger charge is 2.30. The zero-order valence-electron chi connectivity index (χ0n) is 18.0. The largest absolute Gasteiger partial charge is 0.382 e. The molecule has 5 heteroatoms. The third-order valence-electron chi connectivity index (χ3n) is 5.51. The number of aliphatic imine (C=N–C) groups is 1. The summed E-state index contributed by atoms with van der Waals surface area (Å²) >= 11 is 0. The first-order chi connectivity index (χ1) is 13.8. The molecule has 0 radical (unpaired) electrons. The Labute approximate surface area is 171 Å². The molecule has 0 bridgehead atoms. The van der Waals surface area contributed by atoms with Gasteiger partial charge in [-0.3, -0.25) is 4.99 Å². The van der Waals surface area contributed by atoms with Gasteiger partial charge in [-0.2, -0.15) is 0 Å². The van der Waals surface area contributed by atoms with Crippen LogP contribution in [0.5, 0.6) is 0 Å². The summed E-state index contributed by atoms with van der Waals surface area (Å²) in [6.45, 7) is 10.5. The van der Waals surface area contributed by atoms with Crippen molar-refractivity contribution in [2.45, 2.75) is 45.4 Å². The molecule has 0 aromatic heterocycles. The number of hydrogen-bond acceptors (Lipinski definition) is 3. The van der Waals surface area contributed by atoms with Gasteiger partial charge in [0.25, 0.3) is 0 Å². The summed E-state index contributed by atoms with van der Waals surface area (Å²) in [4.78, 5) is 7.35. The number of likely N-dealkylation sites (tertiary alicyclic amines) is 1. The Morgan fingerprint density at radius 3 is 2.68 bits per heavy atom. The third kappa shape index (κ3) is 7.44. The maximum absolute atomic E-state index is 5.53. The van der Waals surface area contributed by atoms with Gasteiger partial charge < -0.3 is 19.7 Å². The van der Waals surface area contributed by atoms with E-state index in [1.165, 1.54) is 18.4 Å². The van der Waals surface area contributed by atoms with Gasteiger partial charge in [0.05, 0.1) is 13.2 Å². The van der Waals surface area contributed by atoms with Crippen molar-refractivity contribution < 1.29 is 9.47 Å². The first-order valence-electron chi connectivity index (χ1n) is 10.9. The molecule has 2 unspecified atom stereocenters. The minimum atomic E-state index is 0.662. The number of methoxy groups -OCH3 is 1. The van der Waals surface area contributed by atoms with Crippen LogP contribution in [0, 0.1) is 5.92 Å². The smallest absolute Gasteiger partial charge is 0.193 e. The van der Waals surface area contributed by atoms with Crippen LogP contribution in [0.1, 0.15) is 51.0 Å². The molecule has 1 aromatic carbocycles. The zero-order valence-corrected chi connectivity index (χ0v) is 18.0. The highest BCUT2D eigenvalue weighted by atomic mass is 16.5. The van der Waals surface area contributed by atoms with Crippen molar-refractivity contribution in [3.05, 3.63) is 35.9 Å². The molecule has 1 aliphatic rings. The predicted octanol–water partition coefficient (Wildman–Crippen LogP) is 3.91. The van der Waals surface area contributed by atoms with Gasteiger partial charge in [0, 0.05) is 39.9 Å². The highest BCUT2D eigenvalue weighted by molar-refractivity contribution is 5.80. The van der Waals surface area contributed by atoms with E-state index in [1.54, 1.807) is 7.11 Å². The van der Waals surface area contributed by atoms with Crippen LogP contribution in [0.3, 0.4) is 0 Å². The van der Waals surface area contributed by atoms with Crippen molar-refractivity contribution in [2.75, 3.05) is 53.1 Å². The van der Waals surface area contributed by atoms with E-state index in [4.69, 9.17) is 14.5 Å². The quantitative estimate of drug-likeness (QED) is 0.354. The number of nitrogens with zero attached hydrogens (tertiary/aromatic N) is 2. The lowest BCUT2D eigenvalue weighted by atomic mass is 9.79. The van der Waals surface area contributed by atoms with Gasteiger partial charge in [0.2, 0.25) is 0 Å². The minimum absolute atomic E-state index is 0.662. The molecule has 0 saturated carbocycles. The van der Waals surface area contributed by atoms with Crippen LogP contribution in [-0.2, 0) is 9.47 Å². The van der Waals surface area contributed by atoms with Crippen LogP contribution in [0.2, 0.25) is 0 Å². The molecule has 158 valence electrons. The Morgan fingerprint density at radius 1 is 1.14 bits per heavy atom. The van der Waals surface area contributed by atoms with Crippen molar-refractivity contribution in [1.82, 2.24) is 10.2 Å².